The molecule has 2 rings (SSSR count). The maximum absolute atomic E-state index is 12.2. The van der Waals surface area contributed by atoms with Crippen LogP contribution in [0.1, 0.15) is 13.8 Å². The van der Waals surface area contributed by atoms with E-state index in [1.807, 2.05) is 31.2 Å². The van der Waals surface area contributed by atoms with Gasteiger partial charge >= 0.3 is 0 Å². The third-order valence-electron chi connectivity index (χ3n) is 3.58. The second-order valence-corrected chi connectivity index (χ2v) is 6.47. The molecule has 24 heavy (non-hydrogen) atoms. The van der Waals surface area contributed by atoms with E-state index in [1.54, 1.807) is 11.8 Å². The van der Waals surface area contributed by atoms with Crippen molar-refractivity contribution < 1.29 is 19.1 Å². The van der Waals surface area contributed by atoms with Gasteiger partial charge in [0.2, 0.25) is 11.8 Å². The van der Waals surface area contributed by atoms with Crippen molar-refractivity contribution in [1.82, 2.24) is 10.2 Å². The Morgan fingerprint density at radius 2 is 1.96 bits per heavy atom. The Balaban J connectivity index is 1.74. The minimum Gasteiger partial charge on any atom is -0.494 e. The van der Waals surface area contributed by atoms with Gasteiger partial charge in [-0.05, 0) is 38.1 Å². The second kappa shape index (κ2) is 9.54. The highest BCUT2D eigenvalue weighted by Crippen LogP contribution is 2.21. The minimum absolute atomic E-state index is 0.0577. The average Bonchev–Trinajstić information content (AvgIpc) is 2.61. The number of thioether (sulfide) groups is 1. The zero-order valence-electron chi connectivity index (χ0n) is 14.1. The molecule has 1 aliphatic heterocycles. The van der Waals surface area contributed by atoms with E-state index in [0.29, 0.717) is 32.9 Å². The molecule has 1 heterocycles. The molecule has 1 atom stereocenters. The number of ether oxygens (including phenoxy) is 2. The van der Waals surface area contributed by atoms with Crippen LogP contribution in [0, 0.1) is 0 Å². The van der Waals surface area contributed by atoms with Crippen molar-refractivity contribution in [2.45, 2.75) is 24.8 Å². The molecule has 1 unspecified atom stereocenters. The summed E-state index contributed by atoms with van der Waals surface area (Å²) in [4.78, 5) is 27.0. The lowest BCUT2D eigenvalue weighted by Gasteiger charge is -2.29. The lowest BCUT2D eigenvalue weighted by atomic mass is 10.2. The molecule has 0 saturated carbocycles. The van der Waals surface area contributed by atoms with Crippen LogP contribution in [-0.2, 0) is 14.3 Å². The van der Waals surface area contributed by atoms with Gasteiger partial charge in [-0.15, -0.1) is 11.8 Å². The van der Waals surface area contributed by atoms with E-state index in [0.717, 1.165) is 10.6 Å². The van der Waals surface area contributed by atoms with Crippen molar-refractivity contribution in [2.24, 2.45) is 0 Å². The first-order chi connectivity index (χ1) is 11.6. The summed E-state index contributed by atoms with van der Waals surface area (Å²) in [6.45, 7) is 6.56. The van der Waals surface area contributed by atoms with E-state index in [9.17, 15) is 9.59 Å². The first kappa shape index (κ1) is 18.6. The monoisotopic (exact) mass is 352 g/mol. The Kier molecular flexibility index (Phi) is 7.39. The number of morpholine rings is 1. The fourth-order valence-corrected chi connectivity index (χ4v) is 3.06. The van der Waals surface area contributed by atoms with Crippen molar-refractivity contribution in [1.29, 1.82) is 0 Å². The molecule has 1 N–H and O–H groups in total. The van der Waals surface area contributed by atoms with Gasteiger partial charge in [0.15, 0.2) is 0 Å². The molecular formula is C17H24N2O4S. The minimum atomic E-state index is -0.517. The molecule has 6 nitrogen and oxygen atoms in total. The molecule has 0 bridgehead atoms. The summed E-state index contributed by atoms with van der Waals surface area (Å²) in [5.41, 5.74) is 0. The summed E-state index contributed by atoms with van der Waals surface area (Å²) < 4.78 is 10.6. The van der Waals surface area contributed by atoms with Crippen LogP contribution in [0.3, 0.4) is 0 Å². The summed E-state index contributed by atoms with van der Waals surface area (Å²) in [6, 6.07) is 7.09. The number of nitrogens with one attached hydrogen (secondary N) is 1. The number of carbonyl (C=O) groups is 2. The zero-order chi connectivity index (χ0) is 17.4. The van der Waals surface area contributed by atoms with Gasteiger partial charge in [0, 0.05) is 18.0 Å². The SMILES string of the molecule is CCOc1ccc(SCC(=O)NC(C)C(=O)N2CCOCC2)cc1. The van der Waals surface area contributed by atoms with Gasteiger partial charge in [-0.25, -0.2) is 0 Å². The van der Waals surface area contributed by atoms with Gasteiger partial charge in [0.25, 0.3) is 0 Å². The van der Waals surface area contributed by atoms with Crippen molar-refractivity contribution in [3.8, 4) is 5.75 Å². The van der Waals surface area contributed by atoms with Gasteiger partial charge in [-0.1, -0.05) is 0 Å². The van der Waals surface area contributed by atoms with Crippen LogP contribution in [0.5, 0.6) is 5.75 Å². The highest BCUT2D eigenvalue weighted by molar-refractivity contribution is 8.00. The molecule has 1 fully saturated rings. The molecule has 1 aliphatic rings. The molecule has 0 radical (unpaired) electrons. The molecule has 1 aromatic carbocycles. The molecule has 7 heteroatoms. The molecule has 0 aliphatic carbocycles. The molecule has 1 aromatic rings. The molecule has 132 valence electrons. The third kappa shape index (κ3) is 5.72. The smallest absolute Gasteiger partial charge is 0.245 e. The Hall–Kier alpha value is -1.73. The molecule has 0 aromatic heterocycles. The van der Waals surface area contributed by atoms with Crippen LogP contribution in [0.2, 0.25) is 0 Å². The van der Waals surface area contributed by atoms with Gasteiger partial charge < -0.3 is 19.7 Å². The number of rotatable bonds is 7. The van der Waals surface area contributed by atoms with Gasteiger partial charge in [0.05, 0.1) is 25.6 Å². The average molecular weight is 352 g/mol. The van der Waals surface area contributed by atoms with Crippen molar-refractivity contribution in [3.05, 3.63) is 24.3 Å². The van der Waals surface area contributed by atoms with Crippen LogP contribution < -0.4 is 10.1 Å². The van der Waals surface area contributed by atoms with Crippen LogP contribution >= 0.6 is 11.8 Å². The summed E-state index contributed by atoms with van der Waals surface area (Å²) >= 11 is 1.43. The Bertz CT molecular complexity index is 544. The highest BCUT2D eigenvalue weighted by atomic mass is 32.2. The first-order valence-corrected chi connectivity index (χ1v) is 9.10. The number of benzene rings is 1. The second-order valence-electron chi connectivity index (χ2n) is 5.42. The molecule has 1 saturated heterocycles. The summed E-state index contributed by atoms with van der Waals surface area (Å²) in [5.74, 6) is 0.881. The van der Waals surface area contributed by atoms with Crippen LogP contribution in [0.15, 0.2) is 29.2 Å². The maximum atomic E-state index is 12.2. The van der Waals surface area contributed by atoms with Crippen molar-refractivity contribution >= 4 is 23.6 Å². The van der Waals surface area contributed by atoms with E-state index in [4.69, 9.17) is 9.47 Å². The lowest BCUT2D eigenvalue weighted by molar-refractivity contribution is -0.139. The molecule has 2 amide bonds. The largest absolute Gasteiger partial charge is 0.494 e. The Morgan fingerprint density at radius 1 is 1.29 bits per heavy atom. The van der Waals surface area contributed by atoms with E-state index >= 15 is 0 Å². The summed E-state index contributed by atoms with van der Waals surface area (Å²) in [7, 11) is 0. The Labute approximate surface area is 146 Å². The molecule has 0 spiro atoms. The lowest BCUT2D eigenvalue weighted by Crippen LogP contribution is -2.50. The predicted molar refractivity (Wildman–Crippen MR) is 93.3 cm³/mol. The van der Waals surface area contributed by atoms with E-state index < -0.39 is 6.04 Å². The van der Waals surface area contributed by atoms with Crippen molar-refractivity contribution in [2.75, 3.05) is 38.7 Å². The normalized spacial score (nSPS) is 15.7. The fourth-order valence-electron chi connectivity index (χ4n) is 2.35. The van der Waals surface area contributed by atoms with Crippen LogP contribution in [-0.4, -0.2) is 61.4 Å². The standard InChI is InChI=1S/C17H24N2O4S/c1-3-23-14-4-6-15(7-5-14)24-12-16(20)18-13(2)17(21)19-8-10-22-11-9-19/h4-7,13H,3,8-12H2,1-2H3,(H,18,20). The van der Waals surface area contributed by atoms with Gasteiger partial charge in [-0.3, -0.25) is 9.59 Å². The van der Waals surface area contributed by atoms with Crippen LogP contribution in [0.4, 0.5) is 0 Å². The van der Waals surface area contributed by atoms with E-state index in [1.165, 1.54) is 11.8 Å². The quantitative estimate of drug-likeness (QED) is 0.754. The highest BCUT2D eigenvalue weighted by Gasteiger charge is 2.23. The number of hydrogen-bond donors (Lipinski definition) is 1. The van der Waals surface area contributed by atoms with Gasteiger partial charge in [0.1, 0.15) is 11.8 Å². The molecular weight excluding hydrogens is 328 g/mol. The number of hydrogen-bond acceptors (Lipinski definition) is 5. The topological polar surface area (TPSA) is 67.9 Å². The zero-order valence-corrected chi connectivity index (χ0v) is 14.9. The van der Waals surface area contributed by atoms with Gasteiger partial charge in [-0.2, -0.15) is 0 Å². The number of carbonyl (C=O) groups excluding carboxylic acids is 2. The fraction of sp³-hybridized carbons (Fsp3) is 0.529. The van der Waals surface area contributed by atoms with E-state index in [2.05, 4.69) is 5.32 Å². The summed E-state index contributed by atoms with van der Waals surface area (Å²) in [6.07, 6.45) is 0. The predicted octanol–water partition coefficient (Wildman–Crippen LogP) is 1.54. The third-order valence-corrected chi connectivity index (χ3v) is 4.59. The van der Waals surface area contributed by atoms with E-state index in [-0.39, 0.29) is 17.6 Å². The maximum Gasteiger partial charge on any atom is 0.245 e. The van der Waals surface area contributed by atoms with Crippen LogP contribution in [0.25, 0.3) is 0 Å². The van der Waals surface area contributed by atoms with Crippen molar-refractivity contribution in [3.63, 3.8) is 0 Å². The number of amides is 2. The first-order valence-electron chi connectivity index (χ1n) is 8.11. The Morgan fingerprint density at radius 3 is 2.58 bits per heavy atom. The summed E-state index contributed by atoms with van der Waals surface area (Å²) in [5, 5.41) is 2.76. The number of nitrogens with zero attached hydrogens (tertiary/aromatic N) is 1.